The first-order chi connectivity index (χ1) is 15.4. The van der Waals surface area contributed by atoms with E-state index in [1.807, 2.05) is 0 Å². The van der Waals surface area contributed by atoms with Crippen LogP contribution in [0.25, 0.3) is 6.08 Å². The molecule has 3 aromatic rings. The highest BCUT2D eigenvalue weighted by atomic mass is 35.5. The van der Waals surface area contributed by atoms with E-state index >= 15 is 0 Å². The van der Waals surface area contributed by atoms with Gasteiger partial charge in [-0.15, -0.1) is 0 Å². The van der Waals surface area contributed by atoms with Crippen LogP contribution in [0.5, 0.6) is 0 Å². The van der Waals surface area contributed by atoms with Crippen LogP contribution in [0.2, 0.25) is 5.02 Å². The summed E-state index contributed by atoms with van der Waals surface area (Å²) in [4.78, 5) is 38.4. The van der Waals surface area contributed by atoms with Crippen molar-refractivity contribution in [2.45, 2.75) is 6.54 Å². The predicted molar refractivity (Wildman–Crippen MR) is 121 cm³/mol. The molecule has 0 aliphatic rings. The second kappa shape index (κ2) is 11.0. The van der Waals surface area contributed by atoms with E-state index in [9.17, 15) is 14.4 Å². The monoisotopic (exact) mass is 452 g/mol. The first kappa shape index (κ1) is 22.8. The summed E-state index contributed by atoms with van der Waals surface area (Å²) in [5.74, 6) is -0.894. The molecule has 0 unspecified atom stereocenters. The molecule has 2 aromatic carbocycles. The maximum absolute atomic E-state index is 12.6. The molecule has 0 aliphatic heterocycles. The Balaban J connectivity index is 1.57. The summed E-state index contributed by atoms with van der Waals surface area (Å²) in [6.07, 6.45) is 4.31. The molecule has 1 aromatic heterocycles. The molecule has 32 heavy (non-hydrogen) atoms. The Hall–Kier alpha value is -3.84. The lowest BCUT2D eigenvalue weighted by molar-refractivity contribution is -0.142. The van der Waals surface area contributed by atoms with Gasteiger partial charge in [0, 0.05) is 18.1 Å². The van der Waals surface area contributed by atoms with Crippen LogP contribution in [0.4, 0.5) is 5.69 Å². The standard InChI is InChI=1S/C24H21ClN2O5/c1-27(22(28)16-32-23(29)13-10-17-8-11-18(25)12-9-17)21-7-3-2-6-20(21)24(30)26-15-19-5-4-14-31-19/h2-14H,15-16H2,1H3,(H,26,30)/b13-10+. The predicted octanol–water partition coefficient (Wildman–Crippen LogP) is 4.08. The van der Waals surface area contributed by atoms with Gasteiger partial charge in [-0.2, -0.15) is 0 Å². The summed E-state index contributed by atoms with van der Waals surface area (Å²) in [6.45, 7) is -0.252. The molecule has 0 saturated carbocycles. The van der Waals surface area contributed by atoms with Crippen LogP contribution in [-0.2, 0) is 20.9 Å². The van der Waals surface area contributed by atoms with Gasteiger partial charge in [-0.25, -0.2) is 4.79 Å². The van der Waals surface area contributed by atoms with Gasteiger partial charge in [-0.05, 0) is 48.0 Å². The lowest BCUT2D eigenvalue weighted by Gasteiger charge is -2.20. The molecular formula is C24H21ClN2O5. The third kappa shape index (κ3) is 6.33. The van der Waals surface area contributed by atoms with Crippen molar-refractivity contribution in [1.82, 2.24) is 5.32 Å². The number of carbonyl (C=O) groups excluding carboxylic acids is 3. The van der Waals surface area contributed by atoms with Crippen LogP contribution in [0, 0.1) is 0 Å². The zero-order chi connectivity index (χ0) is 22.9. The molecule has 0 spiro atoms. The molecule has 0 saturated heterocycles. The first-order valence-corrected chi connectivity index (χ1v) is 10.1. The van der Waals surface area contributed by atoms with Crippen LogP contribution in [0.1, 0.15) is 21.7 Å². The van der Waals surface area contributed by atoms with Crippen LogP contribution in [0.3, 0.4) is 0 Å². The summed E-state index contributed by atoms with van der Waals surface area (Å²) in [6, 6.07) is 17.0. The molecule has 7 nitrogen and oxygen atoms in total. The van der Waals surface area contributed by atoms with Gasteiger partial charge in [-0.1, -0.05) is 35.9 Å². The minimum atomic E-state index is -0.661. The Morgan fingerprint density at radius 3 is 2.53 bits per heavy atom. The molecule has 0 fully saturated rings. The van der Waals surface area contributed by atoms with E-state index in [1.54, 1.807) is 66.7 Å². The van der Waals surface area contributed by atoms with Gasteiger partial charge in [0.15, 0.2) is 6.61 Å². The van der Waals surface area contributed by atoms with Crippen molar-refractivity contribution in [3.8, 4) is 0 Å². The van der Waals surface area contributed by atoms with Gasteiger partial charge in [0.05, 0.1) is 24.1 Å². The summed E-state index contributed by atoms with van der Waals surface area (Å²) in [5, 5.41) is 3.34. The second-order valence-corrected chi connectivity index (χ2v) is 7.16. The smallest absolute Gasteiger partial charge is 0.331 e. The molecule has 8 heteroatoms. The van der Waals surface area contributed by atoms with Crippen LogP contribution in [-0.4, -0.2) is 31.4 Å². The molecule has 0 bridgehead atoms. The van der Waals surface area contributed by atoms with Crippen molar-refractivity contribution in [2.75, 3.05) is 18.6 Å². The van der Waals surface area contributed by atoms with Crippen LogP contribution < -0.4 is 10.2 Å². The summed E-state index contributed by atoms with van der Waals surface area (Å²) >= 11 is 5.82. The van der Waals surface area contributed by atoms with E-state index < -0.39 is 18.5 Å². The van der Waals surface area contributed by atoms with E-state index in [0.717, 1.165) is 5.56 Å². The van der Waals surface area contributed by atoms with Gasteiger partial charge in [-0.3, -0.25) is 9.59 Å². The number of hydrogen-bond acceptors (Lipinski definition) is 5. The fourth-order valence-electron chi connectivity index (χ4n) is 2.78. The SMILES string of the molecule is CN(C(=O)COC(=O)/C=C/c1ccc(Cl)cc1)c1ccccc1C(=O)NCc1ccco1. The number of likely N-dealkylation sites (N-methyl/N-ethyl adjacent to an activating group) is 1. The number of hydrogen-bond donors (Lipinski definition) is 1. The zero-order valence-electron chi connectivity index (χ0n) is 17.3. The second-order valence-electron chi connectivity index (χ2n) is 6.72. The zero-order valence-corrected chi connectivity index (χ0v) is 18.0. The van der Waals surface area contributed by atoms with Crippen molar-refractivity contribution in [2.24, 2.45) is 0 Å². The highest BCUT2D eigenvalue weighted by Gasteiger charge is 2.19. The van der Waals surface area contributed by atoms with E-state index in [1.165, 1.54) is 24.3 Å². The minimum absolute atomic E-state index is 0.218. The Kier molecular flexibility index (Phi) is 7.83. The van der Waals surface area contributed by atoms with Gasteiger partial charge in [0.1, 0.15) is 5.76 Å². The third-order valence-corrected chi connectivity index (χ3v) is 4.76. The minimum Gasteiger partial charge on any atom is -0.467 e. The van der Waals surface area contributed by atoms with Crippen molar-refractivity contribution in [1.29, 1.82) is 0 Å². The highest BCUT2D eigenvalue weighted by molar-refractivity contribution is 6.30. The van der Waals surface area contributed by atoms with Crippen molar-refractivity contribution in [3.05, 3.63) is 94.9 Å². The van der Waals surface area contributed by atoms with E-state index in [2.05, 4.69) is 5.32 Å². The topological polar surface area (TPSA) is 88.8 Å². The Morgan fingerprint density at radius 1 is 1.06 bits per heavy atom. The number of para-hydroxylation sites is 1. The number of esters is 1. The van der Waals surface area contributed by atoms with Crippen LogP contribution in [0.15, 0.2) is 77.4 Å². The van der Waals surface area contributed by atoms with Gasteiger partial charge in [0.25, 0.3) is 11.8 Å². The molecule has 2 amide bonds. The number of amides is 2. The molecule has 1 N–H and O–H groups in total. The number of furan rings is 1. The lowest BCUT2D eigenvalue weighted by atomic mass is 10.1. The number of carbonyl (C=O) groups is 3. The Labute approximate surface area is 190 Å². The van der Waals surface area contributed by atoms with E-state index in [0.29, 0.717) is 22.0 Å². The fraction of sp³-hybridized carbons (Fsp3) is 0.125. The van der Waals surface area contributed by atoms with Gasteiger partial charge < -0.3 is 19.4 Å². The number of benzene rings is 2. The number of nitrogens with zero attached hydrogens (tertiary/aromatic N) is 1. The number of nitrogens with one attached hydrogen (secondary N) is 1. The number of anilines is 1. The maximum atomic E-state index is 12.6. The lowest BCUT2D eigenvalue weighted by Crippen LogP contribution is -2.33. The van der Waals surface area contributed by atoms with Crippen molar-refractivity contribution >= 4 is 41.1 Å². The normalized spacial score (nSPS) is 10.7. The highest BCUT2D eigenvalue weighted by Crippen LogP contribution is 2.20. The largest absolute Gasteiger partial charge is 0.467 e. The summed E-state index contributed by atoms with van der Waals surface area (Å²) < 4.78 is 10.2. The quantitative estimate of drug-likeness (QED) is 0.411. The van der Waals surface area contributed by atoms with Gasteiger partial charge >= 0.3 is 5.97 Å². The first-order valence-electron chi connectivity index (χ1n) is 9.70. The number of rotatable bonds is 8. The molecular weight excluding hydrogens is 432 g/mol. The average molecular weight is 453 g/mol. The molecule has 3 rings (SSSR count). The van der Waals surface area contributed by atoms with Gasteiger partial charge in [0.2, 0.25) is 0 Å². The molecule has 0 aliphatic carbocycles. The molecule has 0 radical (unpaired) electrons. The number of halogens is 1. The number of ether oxygens (including phenoxy) is 1. The third-order valence-electron chi connectivity index (χ3n) is 4.51. The maximum Gasteiger partial charge on any atom is 0.331 e. The molecule has 1 heterocycles. The van der Waals surface area contributed by atoms with Crippen LogP contribution >= 0.6 is 11.6 Å². The van der Waals surface area contributed by atoms with Crippen molar-refractivity contribution < 1.29 is 23.5 Å². The summed E-state index contributed by atoms with van der Waals surface area (Å²) in [5.41, 5.74) is 1.47. The van der Waals surface area contributed by atoms with E-state index in [-0.39, 0.29) is 12.5 Å². The Bertz CT molecular complexity index is 1110. The Morgan fingerprint density at radius 2 is 1.81 bits per heavy atom. The molecule has 164 valence electrons. The van der Waals surface area contributed by atoms with E-state index in [4.69, 9.17) is 20.8 Å². The average Bonchev–Trinajstić information content (AvgIpc) is 3.34. The fourth-order valence-corrected chi connectivity index (χ4v) is 2.91. The summed E-state index contributed by atoms with van der Waals surface area (Å²) in [7, 11) is 1.51. The molecule has 0 atom stereocenters. The van der Waals surface area contributed by atoms with Crippen molar-refractivity contribution in [3.63, 3.8) is 0 Å².